The minimum absolute atomic E-state index is 0.0297. The van der Waals surface area contributed by atoms with Gasteiger partial charge in [-0.05, 0) is 31.9 Å². The summed E-state index contributed by atoms with van der Waals surface area (Å²) < 4.78 is 28.7. The average Bonchev–Trinajstić information content (AvgIpc) is 2.38. The number of carbonyl (C=O) groups excluding carboxylic acids is 1. The van der Waals surface area contributed by atoms with Gasteiger partial charge in [0.2, 0.25) is 5.91 Å². The van der Waals surface area contributed by atoms with Gasteiger partial charge in [0.15, 0.2) is 0 Å². The number of alkyl halides is 2. The molecule has 104 valence electrons. The van der Waals surface area contributed by atoms with Crippen molar-refractivity contribution in [1.82, 2.24) is 0 Å². The summed E-state index contributed by atoms with van der Waals surface area (Å²) in [4.78, 5) is 13.6. The van der Waals surface area contributed by atoms with Gasteiger partial charge in [-0.1, -0.05) is 17.7 Å². The van der Waals surface area contributed by atoms with Crippen LogP contribution in [-0.4, -0.2) is 25.2 Å². The lowest BCUT2D eigenvalue weighted by Gasteiger charge is -2.35. The second-order valence-electron chi connectivity index (χ2n) is 4.74. The van der Waals surface area contributed by atoms with Crippen molar-refractivity contribution in [2.24, 2.45) is 0 Å². The molecule has 1 aliphatic rings. The van der Waals surface area contributed by atoms with Crippen LogP contribution >= 0.6 is 0 Å². The number of hydrogen-bond donors (Lipinski definition) is 0. The number of halogens is 2. The van der Waals surface area contributed by atoms with E-state index in [4.69, 9.17) is 0 Å². The van der Waals surface area contributed by atoms with Crippen molar-refractivity contribution in [3.63, 3.8) is 0 Å². The van der Waals surface area contributed by atoms with E-state index in [9.17, 15) is 13.6 Å². The number of amides is 1. The Morgan fingerprint density at radius 1 is 1.37 bits per heavy atom. The lowest BCUT2D eigenvalue weighted by Crippen LogP contribution is -2.46. The third-order valence-electron chi connectivity index (χ3n) is 3.29. The zero-order chi connectivity index (χ0) is 13.8. The summed E-state index contributed by atoms with van der Waals surface area (Å²) >= 11 is 0. The fourth-order valence-corrected chi connectivity index (χ4v) is 2.34. The highest BCUT2D eigenvalue weighted by atomic mass is 19.3. The van der Waals surface area contributed by atoms with Crippen LogP contribution < -0.4 is 4.90 Å². The third-order valence-corrected chi connectivity index (χ3v) is 3.29. The van der Waals surface area contributed by atoms with Crippen molar-refractivity contribution < 1.29 is 18.3 Å². The fraction of sp³-hybridized carbons (Fsp3) is 0.500. The topological polar surface area (TPSA) is 29.5 Å². The number of rotatable bonds is 4. The van der Waals surface area contributed by atoms with Crippen LogP contribution in [-0.2, 0) is 9.53 Å². The molecule has 0 saturated carbocycles. The first-order chi connectivity index (χ1) is 9.08. The van der Waals surface area contributed by atoms with Gasteiger partial charge in [0.1, 0.15) is 0 Å². The number of anilines is 1. The van der Waals surface area contributed by atoms with Crippen molar-refractivity contribution in [2.75, 3.05) is 11.5 Å². The van der Waals surface area contributed by atoms with E-state index in [0.29, 0.717) is 12.8 Å². The number of aryl methyl sites for hydroxylation is 1. The molecule has 0 aliphatic carbocycles. The molecule has 1 aromatic carbocycles. The lowest BCUT2D eigenvalue weighted by molar-refractivity contribution is -0.137. The van der Waals surface area contributed by atoms with Crippen LogP contribution in [0.3, 0.4) is 0 Å². The van der Waals surface area contributed by atoms with Crippen molar-refractivity contribution in [3.05, 3.63) is 29.8 Å². The summed E-state index contributed by atoms with van der Waals surface area (Å²) in [5.74, 6) is -0.0297. The second-order valence-corrected chi connectivity index (χ2v) is 4.74. The van der Waals surface area contributed by atoms with Gasteiger partial charge in [-0.25, -0.2) is 0 Å². The fourth-order valence-electron chi connectivity index (χ4n) is 2.34. The van der Waals surface area contributed by atoms with E-state index < -0.39 is 6.61 Å². The maximum absolute atomic E-state index is 12.1. The van der Waals surface area contributed by atoms with Gasteiger partial charge in [0, 0.05) is 12.1 Å². The van der Waals surface area contributed by atoms with Crippen molar-refractivity contribution >= 4 is 11.6 Å². The largest absolute Gasteiger partial charge is 0.345 e. The van der Waals surface area contributed by atoms with Crippen molar-refractivity contribution in [3.8, 4) is 0 Å². The molecule has 0 N–H and O–H groups in total. The lowest BCUT2D eigenvalue weighted by atomic mass is 10.0. The van der Waals surface area contributed by atoms with Gasteiger partial charge in [-0.15, -0.1) is 0 Å². The van der Waals surface area contributed by atoms with E-state index in [2.05, 4.69) is 4.74 Å². The van der Waals surface area contributed by atoms with Crippen LogP contribution in [0.4, 0.5) is 14.5 Å². The SMILES string of the molecule is Cc1ccc(N2C(=O)CCCC2COC(F)F)cc1. The smallest absolute Gasteiger partial charge is 0.321 e. The number of nitrogens with zero attached hydrogens (tertiary/aromatic N) is 1. The van der Waals surface area contributed by atoms with Crippen molar-refractivity contribution in [2.45, 2.75) is 38.8 Å². The van der Waals surface area contributed by atoms with Crippen LogP contribution in [0.1, 0.15) is 24.8 Å². The molecule has 2 rings (SSSR count). The predicted octanol–water partition coefficient (Wildman–Crippen LogP) is 3.12. The molecule has 1 atom stereocenters. The summed E-state index contributed by atoms with van der Waals surface area (Å²) in [6, 6.07) is 7.18. The first-order valence-corrected chi connectivity index (χ1v) is 6.36. The van der Waals surface area contributed by atoms with Gasteiger partial charge in [-0.2, -0.15) is 8.78 Å². The van der Waals surface area contributed by atoms with E-state index in [1.807, 2.05) is 31.2 Å². The standard InChI is InChI=1S/C14H17F2NO2/c1-10-5-7-11(8-6-10)17-12(9-19-14(15)16)3-2-4-13(17)18/h5-8,12,14H,2-4,9H2,1H3. The molecule has 0 aromatic heterocycles. The third kappa shape index (κ3) is 3.50. The van der Waals surface area contributed by atoms with Crippen LogP contribution in [0.25, 0.3) is 0 Å². The molecule has 0 radical (unpaired) electrons. The molecule has 1 heterocycles. The van der Waals surface area contributed by atoms with Gasteiger partial charge in [0.05, 0.1) is 12.6 Å². The van der Waals surface area contributed by atoms with E-state index in [1.54, 1.807) is 4.90 Å². The van der Waals surface area contributed by atoms with Crippen LogP contribution in [0.15, 0.2) is 24.3 Å². The summed E-state index contributed by atoms with van der Waals surface area (Å²) in [6.07, 6.45) is 1.86. The van der Waals surface area contributed by atoms with Crippen LogP contribution in [0, 0.1) is 6.92 Å². The molecule has 1 aliphatic heterocycles. The van der Waals surface area contributed by atoms with Crippen LogP contribution in [0.2, 0.25) is 0 Å². The molecular weight excluding hydrogens is 252 g/mol. The molecule has 1 aromatic rings. The summed E-state index contributed by atoms with van der Waals surface area (Å²) in [5, 5.41) is 0. The van der Waals surface area contributed by atoms with Crippen LogP contribution in [0.5, 0.6) is 0 Å². The van der Waals surface area contributed by atoms with E-state index in [-0.39, 0.29) is 18.6 Å². The Morgan fingerprint density at radius 3 is 2.68 bits per heavy atom. The quantitative estimate of drug-likeness (QED) is 0.840. The predicted molar refractivity (Wildman–Crippen MR) is 68.3 cm³/mol. The molecule has 1 unspecified atom stereocenters. The number of ether oxygens (including phenoxy) is 1. The minimum Gasteiger partial charge on any atom is -0.321 e. The summed E-state index contributed by atoms with van der Waals surface area (Å²) in [5.41, 5.74) is 1.84. The zero-order valence-electron chi connectivity index (χ0n) is 10.8. The molecule has 1 saturated heterocycles. The number of carbonyl (C=O) groups is 1. The molecule has 19 heavy (non-hydrogen) atoms. The van der Waals surface area contributed by atoms with Gasteiger partial charge >= 0.3 is 6.61 Å². The second kappa shape index (κ2) is 6.10. The van der Waals surface area contributed by atoms with E-state index in [1.165, 1.54) is 0 Å². The molecule has 0 bridgehead atoms. The van der Waals surface area contributed by atoms with Gasteiger partial charge in [0.25, 0.3) is 0 Å². The monoisotopic (exact) mass is 269 g/mol. The normalized spacial score (nSPS) is 20.1. The molecule has 3 nitrogen and oxygen atoms in total. The molecular formula is C14H17F2NO2. The molecule has 1 amide bonds. The maximum atomic E-state index is 12.1. The maximum Gasteiger partial charge on any atom is 0.345 e. The minimum atomic E-state index is -2.79. The van der Waals surface area contributed by atoms with Gasteiger partial charge < -0.3 is 9.64 Å². The zero-order valence-corrected chi connectivity index (χ0v) is 10.8. The summed E-state index contributed by atoms with van der Waals surface area (Å²) in [6.45, 7) is -0.965. The Bertz CT molecular complexity index is 434. The first kappa shape index (κ1) is 13.9. The Balaban J connectivity index is 2.16. The summed E-state index contributed by atoms with van der Waals surface area (Å²) in [7, 11) is 0. The average molecular weight is 269 g/mol. The molecule has 5 heteroatoms. The highest BCUT2D eigenvalue weighted by molar-refractivity contribution is 5.94. The van der Waals surface area contributed by atoms with E-state index >= 15 is 0 Å². The van der Waals surface area contributed by atoms with Crippen molar-refractivity contribution in [1.29, 1.82) is 0 Å². The molecule has 1 fully saturated rings. The highest BCUT2D eigenvalue weighted by Gasteiger charge is 2.30. The van der Waals surface area contributed by atoms with Gasteiger partial charge in [-0.3, -0.25) is 4.79 Å². The highest BCUT2D eigenvalue weighted by Crippen LogP contribution is 2.26. The number of benzene rings is 1. The number of hydrogen-bond acceptors (Lipinski definition) is 2. The Labute approximate surface area is 111 Å². The first-order valence-electron chi connectivity index (χ1n) is 6.36. The molecule has 0 spiro atoms. The Kier molecular flexibility index (Phi) is 4.47. The Hall–Kier alpha value is -1.49. The van der Waals surface area contributed by atoms with E-state index in [0.717, 1.165) is 17.7 Å². The number of piperidine rings is 1. The Morgan fingerprint density at radius 2 is 2.05 bits per heavy atom.